The van der Waals surface area contributed by atoms with Gasteiger partial charge in [0.1, 0.15) is 4.47 Å². The lowest BCUT2D eigenvalue weighted by Gasteiger charge is -2.34. The fourth-order valence-electron chi connectivity index (χ4n) is 2.63. The lowest BCUT2D eigenvalue weighted by molar-refractivity contribution is 0.420. The minimum atomic E-state index is -0.0499. The first-order valence-corrected chi connectivity index (χ1v) is 8.02. The maximum atomic E-state index is 12.3. The summed E-state index contributed by atoms with van der Waals surface area (Å²) in [4.78, 5) is 14.5. The van der Waals surface area contributed by atoms with Crippen LogP contribution in [0.2, 0.25) is 0 Å². The highest BCUT2D eigenvalue weighted by molar-refractivity contribution is 9.10. The maximum absolute atomic E-state index is 12.3. The monoisotopic (exact) mass is 342 g/mol. The van der Waals surface area contributed by atoms with Crippen molar-refractivity contribution >= 4 is 21.6 Å². The van der Waals surface area contributed by atoms with Crippen molar-refractivity contribution in [3.8, 4) is 0 Å². The van der Waals surface area contributed by atoms with Gasteiger partial charge < -0.3 is 10.6 Å². The second kappa shape index (κ2) is 6.72. The van der Waals surface area contributed by atoms with Crippen molar-refractivity contribution in [2.24, 2.45) is 17.6 Å². The van der Waals surface area contributed by atoms with E-state index in [0.29, 0.717) is 29.4 Å². The van der Waals surface area contributed by atoms with E-state index in [0.717, 1.165) is 25.2 Å². The second-order valence-corrected chi connectivity index (χ2v) is 6.71. The molecule has 0 spiro atoms. The predicted octanol–water partition coefficient (Wildman–Crippen LogP) is 1.84. The van der Waals surface area contributed by atoms with Crippen LogP contribution in [0.5, 0.6) is 0 Å². The van der Waals surface area contributed by atoms with Gasteiger partial charge in [0.15, 0.2) is 0 Å². The van der Waals surface area contributed by atoms with Gasteiger partial charge in [0, 0.05) is 19.6 Å². The van der Waals surface area contributed by atoms with Gasteiger partial charge in [-0.2, -0.15) is 5.10 Å². The molecular weight excluding hydrogens is 320 g/mol. The Bertz CT molecular complexity index is 514. The van der Waals surface area contributed by atoms with E-state index in [4.69, 9.17) is 5.73 Å². The Hall–Kier alpha value is -0.880. The highest BCUT2D eigenvalue weighted by Gasteiger charge is 2.22. The summed E-state index contributed by atoms with van der Waals surface area (Å²) in [5, 5.41) is 4.31. The van der Waals surface area contributed by atoms with Crippen molar-refractivity contribution in [2.45, 2.75) is 33.2 Å². The first-order chi connectivity index (χ1) is 9.52. The molecule has 20 heavy (non-hydrogen) atoms. The standard InChI is InChI=1S/C14H23BrN4O/c1-10(2)8-19-14(20)13(15)12(7-17-19)18-5-3-4-11(6-16)9-18/h7,10-11H,3-6,8-9,16H2,1-2H3. The minimum Gasteiger partial charge on any atom is -0.369 e. The third-order valence-electron chi connectivity index (χ3n) is 3.70. The number of anilines is 1. The zero-order valence-corrected chi connectivity index (χ0v) is 13.8. The Morgan fingerprint density at radius 3 is 2.95 bits per heavy atom. The molecule has 112 valence electrons. The molecule has 5 nitrogen and oxygen atoms in total. The van der Waals surface area contributed by atoms with Crippen LogP contribution in [0.1, 0.15) is 26.7 Å². The average Bonchev–Trinajstić information content (AvgIpc) is 2.44. The molecule has 1 saturated heterocycles. The topological polar surface area (TPSA) is 64.2 Å². The Morgan fingerprint density at radius 1 is 1.55 bits per heavy atom. The number of nitrogens with zero attached hydrogens (tertiary/aromatic N) is 3. The number of hydrogen-bond donors (Lipinski definition) is 1. The summed E-state index contributed by atoms with van der Waals surface area (Å²) in [6.07, 6.45) is 4.08. The van der Waals surface area contributed by atoms with Gasteiger partial charge in [0.05, 0.1) is 11.9 Å². The van der Waals surface area contributed by atoms with Crippen LogP contribution in [-0.2, 0) is 6.54 Å². The van der Waals surface area contributed by atoms with Gasteiger partial charge in [-0.3, -0.25) is 4.79 Å². The van der Waals surface area contributed by atoms with Gasteiger partial charge in [-0.15, -0.1) is 0 Å². The van der Waals surface area contributed by atoms with Crippen LogP contribution in [0, 0.1) is 11.8 Å². The fourth-order valence-corrected chi connectivity index (χ4v) is 3.19. The molecule has 1 unspecified atom stereocenters. The molecule has 2 N–H and O–H groups in total. The van der Waals surface area contributed by atoms with E-state index >= 15 is 0 Å². The highest BCUT2D eigenvalue weighted by Crippen LogP contribution is 2.26. The molecule has 1 aromatic heterocycles. The van der Waals surface area contributed by atoms with Gasteiger partial charge in [0.2, 0.25) is 0 Å². The molecule has 0 aliphatic carbocycles. The lowest BCUT2D eigenvalue weighted by Crippen LogP contribution is -2.40. The Balaban J connectivity index is 2.25. The van der Waals surface area contributed by atoms with Crippen LogP contribution in [0.3, 0.4) is 0 Å². The minimum absolute atomic E-state index is 0.0499. The van der Waals surface area contributed by atoms with Gasteiger partial charge in [-0.25, -0.2) is 4.68 Å². The molecule has 2 rings (SSSR count). The summed E-state index contributed by atoms with van der Waals surface area (Å²) in [5.74, 6) is 0.906. The first-order valence-electron chi connectivity index (χ1n) is 7.23. The van der Waals surface area contributed by atoms with Gasteiger partial charge in [-0.1, -0.05) is 13.8 Å². The SMILES string of the molecule is CC(C)Cn1ncc(N2CCCC(CN)C2)c(Br)c1=O. The summed E-state index contributed by atoms with van der Waals surface area (Å²) in [5.41, 5.74) is 6.62. The summed E-state index contributed by atoms with van der Waals surface area (Å²) >= 11 is 3.45. The molecule has 0 aromatic carbocycles. The van der Waals surface area contributed by atoms with E-state index in [1.807, 2.05) is 0 Å². The van der Waals surface area contributed by atoms with Crippen molar-refractivity contribution in [1.29, 1.82) is 0 Å². The number of halogens is 1. The largest absolute Gasteiger partial charge is 0.369 e. The maximum Gasteiger partial charge on any atom is 0.283 e. The fraction of sp³-hybridized carbons (Fsp3) is 0.714. The molecule has 1 aliphatic heterocycles. The molecule has 1 aliphatic rings. The van der Waals surface area contributed by atoms with Gasteiger partial charge in [0.25, 0.3) is 5.56 Å². The molecule has 1 fully saturated rings. The number of hydrogen-bond acceptors (Lipinski definition) is 4. The second-order valence-electron chi connectivity index (χ2n) is 5.91. The van der Waals surface area contributed by atoms with E-state index < -0.39 is 0 Å². The molecule has 6 heteroatoms. The van der Waals surface area contributed by atoms with Gasteiger partial charge >= 0.3 is 0 Å². The van der Waals surface area contributed by atoms with Crippen LogP contribution < -0.4 is 16.2 Å². The van der Waals surface area contributed by atoms with E-state index in [-0.39, 0.29) is 5.56 Å². The predicted molar refractivity (Wildman–Crippen MR) is 85.0 cm³/mol. The number of aromatic nitrogens is 2. The van der Waals surface area contributed by atoms with Crippen molar-refractivity contribution in [3.63, 3.8) is 0 Å². The third kappa shape index (κ3) is 3.41. The van der Waals surface area contributed by atoms with E-state index in [2.05, 4.69) is 39.8 Å². The van der Waals surface area contributed by atoms with Crippen LogP contribution >= 0.6 is 15.9 Å². The van der Waals surface area contributed by atoms with Crippen LogP contribution in [0.25, 0.3) is 0 Å². The summed E-state index contributed by atoms with van der Waals surface area (Å²) < 4.78 is 2.15. The van der Waals surface area contributed by atoms with E-state index in [1.165, 1.54) is 11.1 Å². The van der Waals surface area contributed by atoms with Crippen LogP contribution in [0.15, 0.2) is 15.5 Å². The van der Waals surface area contributed by atoms with Crippen molar-refractivity contribution in [2.75, 3.05) is 24.5 Å². The molecule has 2 heterocycles. The molecule has 0 amide bonds. The molecule has 0 radical (unpaired) electrons. The lowest BCUT2D eigenvalue weighted by atomic mass is 9.98. The molecular formula is C14H23BrN4O. The van der Waals surface area contributed by atoms with Crippen molar-refractivity contribution in [1.82, 2.24) is 9.78 Å². The van der Waals surface area contributed by atoms with Crippen molar-refractivity contribution in [3.05, 3.63) is 21.0 Å². The summed E-state index contributed by atoms with van der Waals surface area (Å²) in [6.45, 7) is 7.36. The van der Waals surface area contributed by atoms with Gasteiger partial charge in [-0.05, 0) is 47.2 Å². The summed E-state index contributed by atoms with van der Waals surface area (Å²) in [7, 11) is 0. The smallest absolute Gasteiger partial charge is 0.283 e. The quantitative estimate of drug-likeness (QED) is 0.906. The Kier molecular flexibility index (Phi) is 5.21. The zero-order valence-electron chi connectivity index (χ0n) is 12.2. The summed E-state index contributed by atoms with van der Waals surface area (Å²) in [6, 6.07) is 0. The Morgan fingerprint density at radius 2 is 2.30 bits per heavy atom. The normalized spacial score (nSPS) is 19.6. The molecule has 0 saturated carbocycles. The van der Waals surface area contributed by atoms with E-state index in [1.54, 1.807) is 6.20 Å². The first kappa shape index (κ1) is 15.5. The average molecular weight is 343 g/mol. The highest BCUT2D eigenvalue weighted by atomic mass is 79.9. The molecule has 1 aromatic rings. The van der Waals surface area contributed by atoms with Crippen molar-refractivity contribution < 1.29 is 0 Å². The van der Waals surface area contributed by atoms with E-state index in [9.17, 15) is 4.79 Å². The van der Waals surface area contributed by atoms with Crippen LogP contribution in [-0.4, -0.2) is 29.4 Å². The third-order valence-corrected chi connectivity index (χ3v) is 4.44. The Labute approximate surface area is 128 Å². The van der Waals surface area contributed by atoms with Crippen LogP contribution in [0.4, 0.5) is 5.69 Å². The number of piperidine rings is 1. The number of rotatable bonds is 4. The zero-order chi connectivity index (χ0) is 14.7. The molecule has 1 atom stereocenters. The number of nitrogens with two attached hydrogens (primary N) is 1. The molecule has 0 bridgehead atoms.